The van der Waals surface area contributed by atoms with E-state index in [2.05, 4.69) is 0 Å². The quantitative estimate of drug-likeness (QED) is 0.283. The number of benzene rings is 2. The molecule has 2 N–H and O–H groups in total. The number of carbonyl (C=O) groups is 2. The summed E-state index contributed by atoms with van der Waals surface area (Å²) in [6.07, 6.45) is -10.9. The second-order valence-electron chi connectivity index (χ2n) is 10.7. The Hall–Kier alpha value is -3.32. The molecule has 0 bridgehead atoms. The van der Waals surface area contributed by atoms with Gasteiger partial charge < -0.3 is 14.8 Å². The number of anilines is 1. The number of allylic oxidation sites excluding steroid dienone is 2. The first-order valence-corrected chi connectivity index (χ1v) is 12.6. The molecule has 2 fully saturated rings. The van der Waals surface area contributed by atoms with Gasteiger partial charge in [-0.15, -0.1) is 0 Å². The number of amides is 2. The van der Waals surface area contributed by atoms with E-state index in [1.807, 2.05) is 13.8 Å². The summed E-state index contributed by atoms with van der Waals surface area (Å²) >= 11 is 0. The molecule has 2 aliphatic heterocycles. The van der Waals surface area contributed by atoms with Crippen molar-refractivity contribution in [1.82, 2.24) is 0 Å². The Kier molecular flexibility index (Phi) is 6.81. The lowest BCUT2D eigenvalue weighted by atomic mass is 9.54. The van der Waals surface area contributed by atoms with Gasteiger partial charge in [-0.2, -0.15) is 26.3 Å². The summed E-state index contributed by atoms with van der Waals surface area (Å²) < 4.78 is 87.0. The van der Waals surface area contributed by atoms with E-state index in [0.29, 0.717) is 33.6 Å². The Balaban J connectivity index is 1.59. The van der Waals surface area contributed by atoms with Gasteiger partial charge in [-0.3, -0.25) is 9.59 Å². The van der Waals surface area contributed by atoms with Crippen LogP contribution < -0.4 is 4.90 Å². The number of aromatic hydroxyl groups is 1. The molecular weight excluding hydrogens is 543 g/mol. The van der Waals surface area contributed by atoms with Crippen molar-refractivity contribution in [3.05, 3.63) is 70.2 Å². The summed E-state index contributed by atoms with van der Waals surface area (Å²) in [4.78, 5) is 27.8. The number of carbonyl (C=O) groups excluding carboxylic acids is 2. The zero-order valence-corrected chi connectivity index (χ0v) is 21.3. The molecule has 2 aromatic rings. The van der Waals surface area contributed by atoms with E-state index in [9.17, 15) is 46.1 Å². The Morgan fingerprint density at radius 2 is 1.50 bits per heavy atom. The van der Waals surface area contributed by atoms with Crippen LogP contribution in [0.25, 0.3) is 0 Å². The van der Waals surface area contributed by atoms with Gasteiger partial charge in [-0.1, -0.05) is 31.6 Å². The highest BCUT2D eigenvalue weighted by Crippen LogP contribution is 2.53. The molecule has 0 unspecified atom stereocenters. The van der Waals surface area contributed by atoms with Gasteiger partial charge in [0.05, 0.1) is 34.8 Å². The van der Waals surface area contributed by atoms with E-state index < -0.39 is 72.0 Å². The van der Waals surface area contributed by atoms with Gasteiger partial charge in [0.25, 0.3) is 0 Å². The minimum atomic E-state index is -5.16. The normalized spacial score (nSPS) is 25.6. The molecule has 13 heteroatoms. The zero-order valence-electron chi connectivity index (χ0n) is 21.3. The van der Waals surface area contributed by atoms with E-state index in [-0.39, 0.29) is 30.6 Å². The third-order valence-electron chi connectivity index (χ3n) is 7.94. The highest BCUT2D eigenvalue weighted by Gasteiger charge is 2.58. The average Bonchev–Trinajstić information content (AvgIpc) is 3.12. The number of phenols is 1. The van der Waals surface area contributed by atoms with E-state index in [4.69, 9.17) is 4.65 Å². The molecule has 5 rings (SSSR count). The molecule has 2 heterocycles. The number of nitrogens with zero attached hydrogens (tertiary/aromatic N) is 1. The molecule has 0 spiro atoms. The van der Waals surface area contributed by atoms with Crippen molar-refractivity contribution >= 4 is 24.6 Å². The van der Waals surface area contributed by atoms with Crippen molar-refractivity contribution in [2.75, 3.05) is 4.90 Å². The SMILES string of the molecule is CC(C)C1=C2B(O)O[C@H](c3ccc(O)cc3)C[C@H]2[C@H]2C(=O)N(c3cc(C(F)(F)F)cc(C(F)(F)F)c3)C(=O)[C@H]2C1. The van der Waals surface area contributed by atoms with Crippen LogP contribution in [0, 0.1) is 23.7 Å². The maximum absolute atomic E-state index is 13.8. The number of alkyl halides is 6. The van der Waals surface area contributed by atoms with E-state index in [1.165, 1.54) is 12.1 Å². The first-order chi connectivity index (χ1) is 18.6. The molecular formula is C27H24BF6NO5. The van der Waals surface area contributed by atoms with Crippen LogP contribution in [0.5, 0.6) is 5.75 Å². The fourth-order valence-electron chi connectivity index (χ4n) is 6.13. The van der Waals surface area contributed by atoms with Crippen molar-refractivity contribution in [2.24, 2.45) is 23.7 Å². The molecule has 4 atom stereocenters. The zero-order chi connectivity index (χ0) is 29.3. The molecule has 6 nitrogen and oxygen atoms in total. The number of rotatable bonds is 3. The van der Waals surface area contributed by atoms with Crippen LogP contribution in [-0.2, 0) is 26.6 Å². The number of halogens is 6. The summed E-state index contributed by atoms with van der Waals surface area (Å²) in [5.41, 5.74) is -2.43. The monoisotopic (exact) mass is 567 g/mol. The van der Waals surface area contributed by atoms with Gasteiger partial charge in [0.1, 0.15) is 5.75 Å². The van der Waals surface area contributed by atoms with E-state index in [0.717, 1.165) is 0 Å². The highest BCUT2D eigenvalue weighted by molar-refractivity contribution is 6.53. The predicted octanol–water partition coefficient (Wildman–Crippen LogP) is 5.69. The standard InChI is InChI=1S/C27H24BF6NO5/c1-12(2)18-10-20-22(19-11-21(40-28(39)23(18)19)13-3-5-17(36)6-4-13)25(38)35(24(20)37)16-8-14(26(29,30)31)7-15(9-16)27(32,33)34/h3-9,12,19-22,36,39H,10-11H2,1-2H3/t19-,20-,21-,22+/m0/s1. The smallest absolute Gasteiger partial charge is 0.487 e. The number of phenolic OH excluding ortho intramolecular Hbond substituents is 1. The van der Waals surface area contributed by atoms with Crippen LogP contribution >= 0.6 is 0 Å². The fraction of sp³-hybridized carbons (Fsp3) is 0.407. The van der Waals surface area contributed by atoms with Crippen molar-refractivity contribution < 1.29 is 50.7 Å². The van der Waals surface area contributed by atoms with Gasteiger partial charge in [0, 0.05) is 0 Å². The third kappa shape index (κ3) is 4.79. The molecule has 3 aliphatic rings. The van der Waals surface area contributed by atoms with Gasteiger partial charge in [-0.05, 0) is 66.0 Å². The molecule has 212 valence electrons. The molecule has 40 heavy (non-hydrogen) atoms. The number of imide groups is 1. The first-order valence-electron chi connectivity index (χ1n) is 12.6. The predicted molar refractivity (Wildman–Crippen MR) is 130 cm³/mol. The van der Waals surface area contributed by atoms with Crippen LogP contribution in [0.1, 0.15) is 49.5 Å². The first kappa shape index (κ1) is 28.2. The largest absolute Gasteiger partial charge is 0.508 e. The van der Waals surface area contributed by atoms with Gasteiger partial charge in [-0.25, -0.2) is 4.90 Å². The Morgan fingerprint density at radius 3 is 2.02 bits per heavy atom. The maximum Gasteiger partial charge on any atom is 0.487 e. The van der Waals surface area contributed by atoms with Crippen LogP contribution in [0.2, 0.25) is 0 Å². The second kappa shape index (κ2) is 9.65. The molecule has 2 aromatic carbocycles. The maximum atomic E-state index is 13.8. The number of hydrogen-bond donors (Lipinski definition) is 2. The summed E-state index contributed by atoms with van der Waals surface area (Å²) in [6.45, 7) is 3.64. The summed E-state index contributed by atoms with van der Waals surface area (Å²) in [6, 6.07) is 6.65. The summed E-state index contributed by atoms with van der Waals surface area (Å²) in [7, 11) is -1.45. The van der Waals surface area contributed by atoms with Crippen molar-refractivity contribution in [3.63, 3.8) is 0 Å². The number of fused-ring (bicyclic) bond motifs is 3. The molecule has 2 amide bonds. The Labute approximate surface area is 225 Å². The van der Waals surface area contributed by atoms with Gasteiger partial charge >= 0.3 is 19.5 Å². The van der Waals surface area contributed by atoms with Crippen LogP contribution in [0.15, 0.2) is 53.5 Å². The molecule has 0 radical (unpaired) electrons. The van der Waals surface area contributed by atoms with Gasteiger partial charge in [0.2, 0.25) is 11.8 Å². The lowest BCUT2D eigenvalue weighted by molar-refractivity contribution is -0.143. The van der Waals surface area contributed by atoms with Crippen molar-refractivity contribution in [3.8, 4) is 5.75 Å². The Morgan fingerprint density at radius 1 is 0.925 bits per heavy atom. The molecule has 1 aliphatic carbocycles. The topological polar surface area (TPSA) is 87.1 Å². The molecule has 0 aromatic heterocycles. The minimum absolute atomic E-state index is 0.00459. The molecule has 2 saturated heterocycles. The average molecular weight is 567 g/mol. The van der Waals surface area contributed by atoms with E-state index >= 15 is 0 Å². The van der Waals surface area contributed by atoms with Gasteiger partial charge in [0.15, 0.2) is 0 Å². The fourth-order valence-corrected chi connectivity index (χ4v) is 6.13. The van der Waals surface area contributed by atoms with Crippen molar-refractivity contribution in [2.45, 2.75) is 45.1 Å². The van der Waals surface area contributed by atoms with Crippen LogP contribution in [0.4, 0.5) is 32.0 Å². The van der Waals surface area contributed by atoms with Crippen LogP contribution in [0.3, 0.4) is 0 Å². The summed E-state index contributed by atoms with van der Waals surface area (Å²) in [5, 5.41) is 20.7. The lowest BCUT2D eigenvalue weighted by Gasteiger charge is -2.43. The second-order valence-corrected chi connectivity index (χ2v) is 10.7. The molecule has 0 saturated carbocycles. The van der Waals surface area contributed by atoms with Crippen molar-refractivity contribution in [1.29, 1.82) is 0 Å². The number of hydrogen-bond acceptors (Lipinski definition) is 5. The van der Waals surface area contributed by atoms with E-state index in [1.54, 1.807) is 12.1 Å². The lowest BCUT2D eigenvalue weighted by Crippen LogP contribution is -2.45. The third-order valence-corrected chi connectivity index (χ3v) is 7.94. The Bertz CT molecular complexity index is 1360. The summed E-state index contributed by atoms with van der Waals surface area (Å²) in [5.74, 6) is -4.92. The highest BCUT2D eigenvalue weighted by atomic mass is 19.4. The minimum Gasteiger partial charge on any atom is -0.508 e. The van der Waals surface area contributed by atoms with Crippen LogP contribution in [-0.4, -0.2) is 29.1 Å².